The number of nitrogens with one attached hydrogen (secondary N) is 1. The summed E-state index contributed by atoms with van der Waals surface area (Å²) in [5, 5.41) is 3.47. The smallest absolute Gasteiger partial charge is 0.280 e. The van der Waals surface area contributed by atoms with Gasteiger partial charge in [-0.05, 0) is 36.6 Å². The van der Waals surface area contributed by atoms with E-state index in [-0.39, 0.29) is 5.91 Å². The molecule has 1 fully saturated rings. The first-order chi connectivity index (χ1) is 14.2. The van der Waals surface area contributed by atoms with Crippen molar-refractivity contribution in [2.75, 3.05) is 44.9 Å². The normalized spacial score (nSPS) is 14.2. The van der Waals surface area contributed by atoms with Gasteiger partial charge in [-0.25, -0.2) is 4.98 Å². The van der Waals surface area contributed by atoms with Crippen LogP contribution in [0.3, 0.4) is 0 Å². The number of rotatable bonds is 6. The van der Waals surface area contributed by atoms with Crippen LogP contribution in [0.2, 0.25) is 0 Å². The second-order valence-electron chi connectivity index (χ2n) is 7.02. The van der Waals surface area contributed by atoms with E-state index in [1.54, 1.807) is 7.11 Å². The molecule has 2 heterocycles. The van der Waals surface area contributed by atoms with Gasteiger partial charge in [0.15, 0.2) is 5.01 Å². The van der Waals surface area contributed by atoms with Crippen LogP contribution in [0.5, 0.6) is 5.75 Å². The molecule has 0 spiro atoms. The molecule has 1 aliphatic heterocycles. The standard InChI is InChI=1S/C22H25N3O3S/c1-15-5-3-4-6-16(15)9-10-23-21(26)22-24-19-18(27-2)8-7-17(20(19)29-22)25-11-13-28-14-12-25/h3-8H,9-14H2,1-2H3,(H,23,26). The maximum absolute atomic E-state index is 12.7. The van der Waals surface area contributed by atoms with E-state index in [0.717, 1.165) is 35.4 Å². The van der Waals surface area contributed by atoms with Crippen LogP contribution in [-0.4, -0.2) is 50.8 Å². The number of ether oxygens (including phenoxy) is 2. The van der Waals surface area contributed by atoms with E-state index in [9.17, 15) is 4.79 Å². The summed E-state index contributed by atoms with van der Waals surface area (Å²) in [6.07, 6.45) is 0.797. The monoisotopic (exact) mass is 411 g/mol. The second kappa shape index (κ2) is 8.80. The number of morpholine rings is 1. The highest BCUT2D eigenvalue weighted by Gasteiger charge is 2.21. The molecule has 4 rings (SSSR count). The molecule has 0 saturated carbocycles. The molecule has 0 bridgehead atoms. The van der Waals surface area contributed by atoms with E-state index in [1.807, 2.05) is 24.3 Å². The molecular weight excluding hydrogens is 386 g/mol. The van der Waals surface area contributed by atoms with Gasteiger partial charge in [-0.3, -0.25) is 4.79 Å². The number of carbonyl (C=O) groups excluding carboxylic acids is 1. The summed E-state index contributed by atoms with van der Waals surface area (Å²) in [7, 11) is 1.63. The lowest BCUT2D eigenvalue weighted by Gasteiger charge is -2.29. The van der Waals surface area contributed by atoms with E-state index >= 15 is 0 Å². The fourth-order valence-corrected chi connectivity index (χ4v) is 4.60. The Balaban J connectivity index is 1.54. The average molecular weight is 412 g/mol. The molecule has 6 nitrogen and oxygen atoms in total. The van der Waals surface area contributed by atoms with Crippen LogP contribution < -0.4 is 15.0 Å². The fourth-order valence-electron chi connectivity index (χ4n) is 3.56. The van der Waals surface area contributed by atoms with Gasteiger partial charge in [-0.2, -0.15) is 0 Å². The molecule has 1 aliphatic rings. The molecule has 1 aromatic heterocycles. The molecule has 3 aromatic rings. The van der Waals surface area contributed by atoms with Crippen molar-refractivity contribution in [1.29, 1.82) is 0 Å². The number of anilines is 1. The highest BCUT2D eigenvalue weighted by atomic mass is 32.1. The SMILES string of the molecule is COc1ccc(N2CCOCC2)c2sc(C(=O)NCCc3ccccc3C)nc12. The zero-order chi connectivity index (χ0) is 20.2. The molecule has 1 amide bonds. The minimum Gasteiger partial charge on any atom is -0.494 e. The summed E-state index contributed by atoms with van der Waals surface area (Å²) >= 11 is 1.42. The molecule has 7 heteroatoms. The number of carbonyl (C=O) groups is 1. The molecule has 0 atom stereocenters. The summed E-state index contributed by atoms with van der Waals surface area (Å²) in [6, 6.07) is 12.2. The average Bonchev–Trinajstić information content (AvgIpc) is 3.20. The Bertz CT molecular complexity index is 1010. The first-order valence-electron chi connectivity index (χ1n) is 9.80. The Kier molecular flexibility index (Phi) is 5.97. The zero-order valence-corrected chi connectivity index (χ0v) is 17.6. The highest BCUT2D eigenvalue weighted by molar-refractivity contribution is 7.21. The minimum absolute atomic E-state index is 0.144. The first kappa shape index (κ1) is 19.7. The predicted octanol–water partition coefficient (Wildman–Crippen LogP) is 3.42. The fraction of sp³-hybridized carbons (Fsp3) is 0.364. The zero-order valence-electron chi connectivity index (χ0n) is 16.7. The van der Waals surface area contributed by atoms with Gasteiger partial charge in [0.25, 0.3) is 5.91 Å². The van der Waals surface area contributed by atoms with E-state index in [4.69, 9.17) is 9.47 Å². The van der Waals surface area contributed by atoms with Crippen LogP contribution in [0.1, 0.15) is 20.9 Å². The Morgan fingerprint density at radius 3 is 2.79 bits per heavy atom. The van der Waals surface area contributed by atoms with Gasteiger partial charge < -0.3 is 19.7 Å². The van der Waals surface area contributed by atoms with Gasteiger partial charge in [0.05, 0.1) is 30.7 Å². The van der Waals surface area contributed by atoms with Crippen molar-refractivity contribution in [3.8, 4) is 5.75 Å². The summed E-state index contributed by atoms with van der Waals surface area (Å²) in [5.41, 5.74) is 4.31. The number of fused-ring (bicyclic) bond motifs is 1. The van der Waals surface area contributed by atoms with Crippen molar-refractivity contribution in [3.63, 3.8) is 0 Å². The number of nitrogens with zero attached hydrogens (tertiary/aromatic N) is 2. The maximum atomic E-state index is 12.7. The van der Waals surface area contributed by atoms with Gasteiger partial charge in [0, 0.05) is 19.6 Å². The summed E-state index contributed by atoms with van der Waals surface area (Å²) in [6.45, 7) is 5.74. The Labute approximate surface area is 174 Å². The Morgan fingerprint density at radius 2 is 2.03 bits per heavy atom. The van der Waals surface area contributed by atoms with Gasteiger partial charge in [0.1, 0.15) is 11.3 Å². The number of thiazole rings is 1. The van der Waals surface area contributed by atoms with Crippen LogP contribution in [-0.2, 0) is 11.2 Å². The third-order valence-corrected chi connectivity index (χ3v) is 6.27. The number of aromatic nitrogens is 1. The van der Waals surface area contributed by atoms with Crippen LogP contribution in [0, 0.1) is 6.92 Å². The van der Waals surface area contributed by atoms with Crippen molar-refractivity contribution in [1.82, 2.24) is 10.3 Å². The lowest BCUT2D eigenvalue weighted by molar-refractivity contribution is 0.0954. The first-order valence-corrected chi connectivity index (χ1v) is 10.6. The lowest BCUT2D eigenvalue weighted by Crippen LogP contribution is -2.36. The number of hydrogen-bond acceptors (Lipinski definition) is 6. The predicted molar refractivity (Wildman–Crippen MR) is 116 cm³/mol. The lowest BCUT2D eigenvalue weighted by atomic mass is 10.1. The van der Waals surface area contributed by atoms with Gasteiger partial charge >= 0.3 is 0 Å². The molecule has 1 saturated heterocycles. The number of aryl methyl sites for hydroxylation is 1. The third kappa shape index (κ3) is 4.21. The van der Waals surface area contributed by atoms with Gasteiger partial charge in [-0.1, -0.05) is 24.3 Å². The molecule has 152 valence electrons. The summed E-state index contributed by atoms with van der Waals surface area (Å²) < 4.78 is 11.9. The number of amides is 1. The largest absolute Gasteiger partial charge is 0.494 e. The molecule has 1 N–H and O–H groups in total. The van der Waals surface area contributed by atoms with Crippen LogP contribution in [0.25, 0.3) is 10.2 Å². The maximum Gasteiger partial charge on any atom is 0.280 e. The summed E-state index contributed by atoms with van der Waals surface area (Å²) in [5.74, 6) is 0.544. The Morgan fingerprint density at radius 1 is 1.24 bits per heavy atom. The van der Waals surface area contributed by atoms with Gasteiger partial charge in [0.2, 0.25) is 0 Å². The summed E-state index contributed by atoms with van der Waals surface area (Å²) in [4.78, 5) is 19.6. The molecule has 0 unspecified atom stereocenters. The quantitative estimate of drug-likeness (QED) is 0.673. The van der Waals surface area contributed by atoms with E-state index in [0.29, 0.717) is 30.5 Å². The molecule has 0 radical (unpaired) electrons. The topological polar surface area (TPSA) is 63.7 Å². The molecule has 2 aromatic carbocycles. The van der Waals surface area contributed by atoms with Crippen LogP contribution in [0.15, 0.2) is 36.4 Å². The van der Waals surface area contributed by atoms with Crippen LogP contribution in [0.4, 0.5) is 5.69 Å². The van der Waals surface area contributed by atoms with Gasteiger partial charge in [-0.15, -0.1) is 11.3 Å². The Hall–Kier alpha value is -2.64. The molecule has 29 heavy (non-hydrogen) atoms. The van der Waals surface area contributed by atoms with E-state index < -0.39 is 0 Å². The third-order valence-electron chi connectivity index (χ3n) is 5.19. The second-order valence-corrected chi connectivity index (χ2v) is 8.01. The van der Waals surface area contributed by atoms with Crippen molar-refractivity contribution in [2.45, 2.75) is 13.3 Å². The van der Waals surface area contributed by atoms with Crippen LogP contribution >= 0.6 is 11.3 Å². The molecule has 0 aliphatic carbocycles. The van der Waals surface area contributed by atoms with Crippen molar-refractivity contribution < 1.29 is 14.3 Å². The number of hydrogen-bond donors (Lipinski definition) is 1. The minimum atomic E-state index is -0.144. The van der Waals surface area contributed by atoms with E-state index in [2.05, 4.69) is 34.3 Å². The number of methoxy groups -OCH3 is 1. The highest BCUT2D eigenvalue weighted by Crippen LogP contribution is 2.37. The van der Waals surface area contributed by atoms with Crippen molar-refractivity contribution in [2.24, 2.45) is 0 Å². The molecular formula is C22H25N3O3S. The van der Waals surface area contributed by atoms with E-state index in [1.165, 1.54) is 22.5 Å². The van der Waals surface area contributed by atoms with Crippen molar-refractivity contribution >= 4 is 33.1 Å². The number of benzene rings is 2. The van der Waals surface area contributed by atoms with Crippen molar-refractivity contribution in [3.05, 3.63) is 52.5 Å².